The predicted molar refractivity (Wildman–Crippen MR) is 78.5 cm³/mol. The topological polar surface area (TPSA) is 12.0 Å². The molecule has 0 fully saturated rings. The third-order valence-corrected chi connectivity index (χ3v) is 3.25. The summed E-state index contributed by atoms with van der Waals surface area (Å²) >= 11 is 0. The number of rotatable bonds is 4. The molecule has 0 saturated heterocycles. The van der Waals surface area contributed by atoms with E-state index in [2.05, 4.69) is 5.32 Å². The summed E-state index contributed by atoms with van der Waals surface area (Å²) < 4.78 is 27.4. The number of halogens is 2. The fraction of sp³-hybridized carbons (Fsp3) is 0.294. The molecule has 2 aromatic carbocycles. The predicted octanol–water partition coefficient (Wildman–Crippen LogP) is 4.44. The number of hydrogen-bond acceptors (Lipinski definition) is 1. The average molecular weight is 275 g/mol. The molecule has 1 N–H and O–H groups in total. The van der Waals surface area contributed by atoms with Gasteiger partial charge in [0.25, 0.3) is 0 Å². The molecule has 0 amide bonds. The van der Waals surface area contributed by atoms with Crippen LogP contribution in [0.4, 0.5) is 8.78 Å². The summed E-state index contributed by atoms with van der Waals surface area (Å²) in [4.78, 5) is 0. The van der Waals surface area contributed by atoms with Gasteiger partial charge in [-0.15, -0.1) is 0 Å². The van der Waals surface area contributed by atoms with Crippen molar-refractivity contribution in [1.82, 2.24) is 5.32 Å². The van der Waals surface area contributed by atoms with Crippen molar-refractivity contribution < 1.29 is 8.78 Å². The molecular weight excluding hydrogens is 256 g/mol. The Balaban J connectivity index is 2.32. The van der Waals surface area contributed by atoms with E-state index in [-0.39, 0.29) is 17.7 Å². The number of benzene rings is 2. The standard InChI is InChI=1S/C17H19F2N/c1-11(2)20-10-15-8-13(6-7-16(15)18)14-5-4-12(3)17(19)9-14/h4-9,11,20H,10H2,1-3H3. The van der Waals surface area contributed by atoms with E-state index in [1.165, 1.54) is 12.1 Å². The fourth-order valence-corrected chi connectivity index (χ4v) is 1.98. The lowest BCUT2D eigenvalue weighted by atomic mass is 10.0. The van der Waals surface area contributed by atoms with Crippen LogP contribution in [0, 0.1) is 18.6 Å². The quantitative estimate of drug-likeness (QED) is 0.870. The van der Waals surface area contributed by atoms with Crippen LogP contribution in [-0.4, -0.2) is 6.04 Å². The van der Waals surface area contributed by atoms with Crippen LogP contribution in [0.15, 0.2) is 36.4 Å². The molecule has 2 rings (SSSR count). The van der Waals surface area contributed by atoms with Gasteiger partial charge in [0.2, 0.25) is 0 Å². The van der Waals surface area contributed by atoms with Crippen LogP contribution >= 0.6 is 0 Å². The van der Waals surface area contributed by atoms with Crippen molar-refractivity contribution in [2.75, 3.05) is 0 Å². The second-order valence-electron chi connectivity index (χ2n) is 5.31. The van der Waals surface area contributed by atoms with E-state index in [0.29, 0.717) is 17.7 Å². The Morgan fingerprint density at radius 1 is 0.950 bits per heavy atom. The summed E-state index contributed by atoms with van der Waals surface area (Å²) in [7, 11) is 0. The highest BCUT2D eigenvalue weighted by molar-refractivity contribution is 5.64. The second kappa shape index (κ2) is 6.14. The molecule has 2 aromatic rings. The monoisotopic (exact) mass is 275 g/mol. The van der Waals surface area contributed by atoms with E-state index in [1.807, 2.05) is 19.9 Å². The van der Waals surface area contributed by atoms with Crippen molar-refractivity contribution in [3.05, 3.63) is 59.2 Å². The Morgan fingerprint density at radius 2 is 1.60 bits per heavy atom. The first-order chi connectivity index (χ1) is 9.47. The van der Waals surface area contributed by atoms with Crippen LogP contribution in [0.3, 0.4) is 0 Å². The minimum atomic E-state index is -0.242. The maximum atomic E-state index is 13.8. The molecule has 0 aliphatic carbocycles. The molecule has 1 nitrogen and oxygen atoms in total. The van der Waals surface area contributed by atoms with Gasteiger partial charge in [0.05, 0.1) is 0 Å². The van der Waals surface area contributed by atoms with E-state index in [1.54, 1.807) is 25.1 Å². The van der Waals surface area contributed by atoms with Crippen molar-refractivity contribution in [2.45, 2.75) is 33.4 Å². The van der Waals surface area contributed by atoms with Crippen molar-refractivity contribution in [2.24, 2.45) is 0 Å². The molecule has 0 aromatic heterocycles. The van der Waals surface area contributed by atoms with Gasteiger partial charge >= 0.3 is 0 Å². The molecule has 3 heteroatoms. The summed E-state index contributed by atoms with van der Waals surface area (Å²) in [5, 5.41) is 3.19. The molecular formula is C17H19F2N. The van der Waals surface area contributed by atoms with Crippen LogP contribution in [0.5, 0.6) is 0 Å². The Labute approximate surface area is 118 Å². The number of nitrogens with one attached hydrogen (secondary N) is 1. The first-order valence-corrected chi connectivity index (χ1v) is 6.75. The zero-order valence-corrected chi connectivity index (χ0v) is 12.0. The minimum absolute atomic E-state index is 0.241. The van der Waals surface area contributed by atoms with E-state index in [0.717, 1.165) is 11.1 Å². The molecule has 0 atom stereocenters. The third kappa shape index (κ3) is 3.42. The SMILES string of the molecule is Cc1ccc(-c2ccc(F)c(CNC(C)C)c2)cc1F. The summed E-state index contributed by atoms with van der Waals surface area (Å²) in [6, 6.07) is 10.3. The molecule has 106 valence electrons. The van der Waals surface area contributed by atoms with Gasteiger partial charge in [-0.2, -0.15) is 0 Å². The maximum Gasteiger partial charge on any atom is 0.127 e. The zero-order valence-electron chi connectivity index (χ0n) is 12.0. The van der Waals surface area contributed by atoms with Crippen LogP contribution in [-0.2, 0) is 6.54 Å². The highest BCUT2D eigenvalue weighted by atomic mass is 19.1. The lowest BCUT2D eigenvalue weighted by Crippen LogP contribution is -2.22. The smallest absolute Gasteiger partial charge is 0.127 e. The molecule has 0 unspecified atom stereocenters. The number of hydrogen-bond donors (Lipinski definition) is 1. The molecule has 0 radical (unpaired) electrons. The van der Waals surface area contributed by atoms with Gasteiger partial charge < -0.3 is 5.32 Å². The Kier molecular flexibility index (Phi) is 4.50. The van der Waals surface area contributed by atoms with Crippen LogP contribution < -0.4 is 5.32 Å². The lowest BCUT2D eigenvalue weighted by Gasteiger charge is -2.11. The van der Waals surface area contributed by atoms with E-state index >= 15 is 0 Å². The number of aryl methyl sites for hydroxylation is 1. The van der Waals surface area contributed by atoms with Crippen molar-refractivity contribution in [3.8, 4) is 11.1 Å². The van der Waals surface area contributed by atoms with Crippen LogP contribution in [0.1, 0.15) is 25.0 Å². The highest BCUT2D eigenvalue weighted by Crippen LogP contribution is 2.24. The molecule has 0 bridgehead atoms. The fourth-order valence-electron chi connectivity index (χ4n) is 1.98. The summed E-state index contributed by atoms with van der Waals surface area (Å²) in [6.07, 6.45) is 0. The summed E-state index contributed by atoms with van der Waals surface area (Å²) in [6.45, 7) is 6.21. The van der Waals surface area contributed by atoms with Gasteiger partial charge in [-0.25, -0.2) is 8.78 Å². The first kappa shape index (κ1) is 14.7. The zero-order chi connectivity index (χ0) is 14.7. The highest BCUT2D eigenvalue weighted by Gasteiger charge is 2.07. The molecule has 0 spiro atoms. The summed E-state index contributed by atoms with van der Waals surface area (Å²) in [5.41, 5.74) is 2.79. The third-order valence-electron chi connectivity index (χ3n) is 3.25. The average Bonchev–Trinajstić information content (AvgIpc) is 2.41. The van der Waals surface area contributed by atoms with Crippen LogP contribution in [0.25, 0.3) is 11.1 Å². The van der Waals surface area contributed by atoms with Crippen molar-refractivity contribution in [3.63, 3.8) is 0 Å². The van der Waals surface area contributed by atoms with Gasteiger partial charge in [0.15, 0.2) is 0 Å². The van der Waals surface area contributed by atoms with Crippen molar-refractivity contribution >= 4 is 0 Å². The molecule has 0 aliphatic rings. The van der Waals surface area contributed by atoms with Gasteiger partial charge in [-0.3, -0.25) is 0 Å². The van der Waals surface area contributed by atoms with E-state index < -0.39 is 0 Å². The van der Waals surface area contributed by atoms with E-state index in [4.69, 9.17) is 0 Å². The Morgan fingerprint density at radius 3 is 2.25 bits per heavy atom. The second-order valence-corrected chi connectivity index (χ2v) is 5.31. The van der Waals surface area contributed by atoms with Gasteiger partial charge in [0.1, 0.15) is 11.6 Å². The normalized spacial score (nSPS) is 11.1. The van der Waals surface area contributed by atoms with Crippen LogP contribution in [0.2, 0.25) is 0 Å². The van der Waals surface area contributed by atoms with Gasteiger partial charge in [-0.05, 0) is 41.8 Å². The molecule has 0 heterocycles. The first-order valence-electron chi connectivity index (χ1n) is 6.75. The van der Waals surface area contributed by atoms with Crippen molar-refractivity contribution in [1.29, 1.82) is 0 Å². The Hall–Kier alpha value is -1.74. The minimum Gasteiger partial charge on any atom is -0.310 e. The molecule has 20 heavy (non-hydrogen) atoms. The van der Waals surface area contributed by atoms with Gasteiger partial charge in [0, 0.05) is 18.2 Å². The maximum absolute atomic E-state index is 13.8. The largest absolute Gasteiger partial charge is 0.310 e. The van der Waals surface area contributed by atoms with Gasteiger partial charge in [-0.1, -0.05) is 32.0 Å². The molecule has 0 saturated carbocycles. The Bertz CT molecular complexity index is 606. The molecule has 0 aliphatic heterocycles. The lowest BCUT2D eigenvalue weighted by molar-refractivity contribution is 0.553. The van der Waals surface area contributed by atoms with E-state index in [9.17, 15) is 8.78 Å². The summed E-state index contributed by atoms with van der Waals surface area (Å²) in [5.74, 6) is -0.483.